The molecular weight excluding hydrogens is 380 g/mol. The minimum Gasteiger partial charge on any atom is -0.464 e. The third-order valence-electron chi connectivity index (χ3n) is 4.23. The summed E-state index contributed by atoms with van der Waals surface area (Å²) in [6.45, 7) is 3.44. The van der Waals surface area contributed by atoms with Gasteiger partial charge in [0.05, 0.1) is 18.3 Å². The van der Waals surface area contributed by atoms with E-state index < -0.39 is 18.1 Å². The van der Waals surface area contributed by atoms with Gasteiger partial charge in [-0.15, -0.1) is 0 Å². The topological polar surface area (TPSA) is 97.5 Å². The van der Waals surface area contributed by atoms with Crippen LogP contribution in [0.25, 0.3) is 11.3 Å². The van der Waals surface area contributed by atoms with Gasteiger partial charge in [-0.1, -0.05) is 29.8 Å². The van der Waals surface area contributed by atoms with Gasteiger partial charge in [0.1, 0.15) is 11.0 Å². The number of nitrogens with zero attached hydrogens (tertiary/aromatic N) is 2. The maximum Gasteiger partial charge on any atom is 0.331 e. The lowest BCUT2D eigenvalue weighted by Gasteiger charge is -2.28. The van der Waals surface area contributed by atoms with E-state index in [1.807, 2.05) is 36.4 Å². The first-order valence-electron chi connectivity index (χ1n) is 8.84. The van der Waals surface area contributed by atoms with Crippen LogP contribution in [0, 0.1) is 0 Å². The molecule has 146 valence electrons. The Morgan fingerprint density at radius 1 is 1.25 bits per heavy atom. The van der Waals surface area contributed by atoms with E-state index in [0.29, 0.717) is 22.4 Å². The fourth-order valence-corrected chi connectivity index (χ4v) is 3.40. The quantitative estimate of drug-likeness (QED) is 0.591. The number of halogens is 1. The Morgan fingerprint density at radius 2 is 1.96 bits per heavy atom. The monoisotopic (exact) mass is 400 g/mol. The summed E-state index contributed by atoms with van der Waals surface area (Å²) >= 11 is 6.32. The first-order chi connectivity index (χ1) is 13.4. The van der Waals surface area contributed by atoms with E-state index in [4.69, 9.17) is 22.1 Å². The van der Waals surface area contributed by atoms with Crippen molar-refractivity contribution in [2.24, 2.45) is 5.73 Å². The molecule has 1 aromatic carbocycles. The molecule has 2 unspecified atom stereocenters. The van der Waals surface area contributed by atoms with Gasteiger partial charge < -0.3 is 20.7 Å². The van der Waals surface area contributed by atoms with Gasteiger partial charge in [-0.25, -0.2) is 9.78 Å². The van der Waals surface area contributed by atoms with Crippen molar-refractivity contribution in [2.75, 3.05) is 16.8 Å². The van der Waals surface area contributed by atoms with Gasteiger partial charge in [0.25, 0.3) is 0 Å². The van der Waals surface area contributed by atoms with Gasteiger partial charge in [0.15, 0.2) is 6.04 Å². The number of carbonyl (C=O) groups is 2. The fourth-order valence-electron chi connectivity index (χ4n) is 3.05. The highest BCUT2D eigenvalue weighted by Crippen LogP contribution is 2.33. The largest absolute Gasteiger partial charge is 0.464 e. The molecule has 0 radical (unpaired) electrons. The maximum atomic E-state index is 12.3. The van der Waals surface area contributed by atoms with Crippen molar-refractivity contribution >= 4 is 35.0 Å². The Labute approximate surface area is 168 Å². The summed E-state index contributed by atoms with van der Waals surface area (Å²) in [5.41, 5.74) is 8.34. The standard InChI is InChI=1S/C20H21ClN4O3/c1-3-28-20(27)19-15(22)11-17(21)25(19)14-9-7-13(8-10-14)16-5-4-6-18(24-16)23-12(2)26/h4-11,15,19H,3,22H2,1-2H3,(H,23,24,26). The highest BCUT2D eigenvalue weighted by Gasteiger charge is 2.39. The normalized spacial score (nSPS) is 18.6. The zero-order valence-electron chi connectivity index (χ0n) is 15.6. The number of amides is 1. The number of hydrogen-bond donors (Lipinski definition) is 2. The number of nitrogens with one attached hydrogen (secondary N) is 1. The van der Waals surface area contributed by atoms with Crippen LogP contribution in [0.1, 0.15) is 13.8 Å². The minimum absolute atomic E-state index is 0.184. The number of esters is 1. The van der Waals surface area contributed by atoms with E-state index in [2.05, 4.69) is 10.3 Å². The number of rotatable bonds is 5. The number of ether oxygens (including phenoxy) is 1. The highest BCUT2D eigenvalue weighted by molar-refractivity contribution is 6.32. The van der Waals surface area contributed by atoms with Crippen LogP contribution >= 0.6 is 11.6 Å². The first-order valence-corrected chi connectivity index (χ1v) is 9.22. The molecule has 1 aliphatic rings. The fraction of sp³-hybridized carbons (Fsp3) is 0.250. The van der Waals surface area contributed by atoms with E-state index in [1.165, 1.54) is 6.92 Å². The third-order valence-corrected chi connectivity index (χ3v) is 4.53. The Hall–Kier alpha value is -2.90. The second-order valence-corrected chi connectivity index (χ2v) is 6.66. The van der Waals surface area contributed by atoms with E-state index in [9.17, 15) is 9.59 Å². The Kier molecular flexibility index (Phi) is 5.96. The second kappa shape index (κ2) is 8.41. The van der Waals surface area contributed by atoms with E-state index in [1.54, 1.807) is 24.0 Å². The molecule has 0 saturated heterocycles. The molecule has 3 rings (SSSR count). The number of benzene rings is 1. The second-order valence-electron chi connectivity index (χ2n) is 6.27. The van der Waals surface area contributed by atoms with E-state index >= 15 is 0 Å². The summed E-state index contributed by atoms with van der Waals surface area (Å²) in [6.07, 6.45) is 1.63. The van der Waals surface area contributed by atoms with Crippen LogP contribution in [-0.2, 0) is 14.3 Å². The molecule has 2 aromatic rings. The van der Waals surface area contributed by atoms with Crippen molar-refractivity contribution in [3.05, 3.63) is 53.7 Å². The summed E-state index contributed by atoms with van der Waals surface area (Å²) in [6, 6.07) is 11.5. The number of pyridine rings is 1. The molecule has 8 heteroatoms. The van der Waals surface area contributed by atoms with Crippen LogP contribution in [0.4, 0.5) is 11.5 Å². The van der Waals surface area contributed by atoms with Crippen molar-refractivity contribution in [1.82, 2.24) is 4.98 Å². The number of hydrogen-bond acceptors (Lipinski definition) is 6. The number of nitrogens with two attached hydrogens (primary N) is 1. The van der Waals surface area contributed by atoms with Gasteiger partial charge in [-0.2, -0.15) is 0 Å². The molecule has 0 bridgehead atoms. The van der Waals surface area contributed by atoms with Gasteiger partial charge in [0, 0.05) is 18.2 Å². The van der Waals surface area contributed by atoms with Gasteiger partial charge in [-0.05, 0) is 37.3 Å². The molecule has 3 N–H and O–H groups in total. The average molecular weight is 401 g/mol. The Morgan fingerprint density at radius 3 is 2.61 bits per heavy atom. The van der Waals surface area contributed by atoms with Crippen molar-refractivity contribution in [3.63, 3.8) is 0 Å². The van der Waals surface area contributed by atoms with Crippen molar-refractivity contribution in [3.8, 4) is 11.3 Å². The Bertz CT molecular complexity index is 914. The van der Waals surface area contributed by atoms with Crippen molar-refractivity contribution in [2.45, 2.75) is 25.9 Å². The molecule has 1 aliphatic heterocycles. The molecule has 0 aliphatic carbocycles. The van der Waals surface area contributed by atoms with Gasteiger partial charge in [0.2, 0.25) is 5.91 Å². The smallest absolute Gasteiger partial charge is 0.331 e. The predicted octanol–water partition coefficient (Wildman–Crippen LogP) is 2.87. The molecule has 1 amide bonds. The van der Waals surface area contributed by atoms with E-state index in [0.717, 1.165) is 5.56 Å². The Balaban J connectivity index is 1.86. The van der Waals surface area contributed by atoms with Crippen LogP contribution in [0.3, 0.4) is 0 Å². The highest BCUT2D eigenvalue weighted by atomic mass is 35.5. The SMILES string of the molecule is CCOC(=O)C1C(N)C=C(Cl)N1c1ccc(-c2cccc(NC(C)=O)n2)cc1. The molecule has 28 heavy (non-hydrogen) atoms. The number of aromatic nitrogens is 1. The van der Waals surface area contributed by atoms with Crippen LogP contribution in [0.5, 0.6) is 0 Å². The molecule has 0 spiro atoms. The van der Waals surface area contributed by atoms with Gasteiger partial charge >= 0.3 is 5.97 Å². The summed E-state index contributed by atoms with van der Waals surface area (Å²) in [4.78, 5) is 29.6. The lowest BCUT2D eigenvalue weighted by Crippen LogP contribution is -2.47. The number of carbonyl (C=O) groups excluding carboxylic acids is 2. The minimum atomic E-state index is -0.709. The zero-order valence-corrected chi connectivity index (χ0v) is 16.3. The predicted molar refractivity (Wildman–Crippen MR) is 109 cm³/mol. The first kappa shape index (κ1) is 19.9. The van der Waals surface area contributed by atoms with Crippen LogP contribution < -0.4 is 16.0 Å². The lowest BCUT2D eigenvalue weighted by molar-refractivity contribution is -0.144. The zero-order chi connectivity index (χ0) is 20.3. The lowest BCUT2D eigenvalue weighted by atomic mass is 10.1. The molecular formula is C20H21ClN4O3. The molecule has 1 aromatic heterocycles. The molecule has 0 saturated carbocycles. The molecule has 7 nitrogen and oxygen atoms in total. The molecule has 0 fully saturated rings. The van der Waals surface area contributed by atoms with Crippen LogP contribution in [0.15, 0.2) is 53.7 Å². The van der Waals surface area contributed by atoms with Crippen molar-refractivity contribution < 1.29 is 14.3 Å². The summed E-state index contributed by atoms with van der Waals surface area (Å²) in [5.74, 6) is -0.125. The van der Waals surface area contributed by atoms with Crippen LogP contribution in [-0.4, -0.2) is 35.6 Å². The third kappa shape index (κ3) is 4.16. The van der Waals surface area contributed by atoms with Gasteiger partial charge in [-0.3, -0.25) is 4.79 Å². The van der Waals surface area contributed by atoms with Crippen molar-refractivity contribution in [1.29, 1.82) is 0 Å². The van der Waals surface area contributed by atoms with E-state index in [-0.39, 0.29) is 12.5 Å². The summed E-state index contributed by atoms with van der Waals surface area (Å²) in [7, 11) is 0. The molecule has 2 atom stereocenters. The summed E-state index contributed by atoms with van der Waals surface area (Å²) in [5, 5.41) is 3.04. The molecule has 2 heterocycles. The van der Waals surface area contributed by atoms with Crippen LogP contribution in [0.2, 0.25) is 0 Å². The average Bonchev–Trinajstić information content (AvgIpc) is 2.95. The summed E-state index contributed by atoms with van der Waals surface area (Å²) < 4.78 is 5.14. The maximum absolute atomic E-state index is 12.3. The number of anilines is 2.